The molecule has 4 aromatic rings. The van der Waals surface area contributed by atoms with Gasteiger partial charge in [-0.05, 0) is 41.5 Å². The number of amides is 1. The summed E-state index contributed by atoms with van der Waals surface area (Å²) in [6.45, 7) is 4.01. The Hall–Kier alpha value is -3.55. The molecule has 0 bridgehead atoms. The molecule has 2 aromatic carbocycles. The Balaban J connectivity index is 1.61. The predicted molar refractivity (Wildman–Crippen MR) is 138 cm³/mol. The Kier molecular flexibility index (Phi) is 6.13. The standard InChI is InChI=1S/C26H26ClN5O2/c1-31-24(18-5-9-20(10-6-18)32-15-13-28-14-16-32)22(23-21(27)11-12-29-25(23)31)17-3-7-19(8-4-17)30-26(33)34-2/h3-12,28H,13-16H2,1-2H3,(H,30,33). The van der Waals surface area contributed by atoms with E-state index in [9.17, 15) is 4.79 Å². The van der Waals surface area contributed by atoms with Crippen molar-refractivity contribution < 1.29 is 9.53 Å². The third-order valence-electron chi connectivity index (χ3n) is 6.25. The number of hydrogen-bond donors (Lipinski definition) is 2. The molecule has 8 heteroatoms. The van der Waals surface area contributed by atoms with E-state index in [0.29, 0.717) is 10.7 Å². The first-order chi connectivity index (χ1) is 16.6. The van der Waals surface area contributed by atoms with Crippen LogP contribution in [0.15, 0.2) is 60.8 Å². The van der Waals surface area contributed by atoms with Gasteiger partial charge in [-0.3, -0.25) is 5.32 Å². The van der Waals surface area contributed by atoms with Crippen LogP contribution in [0.2, 0.25) is 5.02 Å². The summed E-state index contributed by atoms with van der Waals surface area (Å²) in [5.74, 6) is 0. The Morgan fingerprint density at radius 2 is 1.71 bits per heavy atom. The van der Waals surface area contributed by atoms with E-state index in [-0.39, 0.29) is 0 Å². The van der Waals surface area contributed by atoms with Crippen molar-refractivity contribution in [2.24, 2.45) is 7.05 Å². The van der Waals surface area contributed by atoms with E-state index in [4.69, 9.17) is 16.3 Å². The molecule has 0 spiro atoms. The summed E-state index contributed by atoms with van der Waals surface area (Å²) in [6, 6.07) is 18.2. The van der Waals surface area contributed by atoms with E-state index < -0.39 is 6.09 Å². The summed E-state index contributed by atoms with van der Waals surface area (Å²) < 4.78 is 6.78. The number of nitrogens with one attached hydrogen (secondary N) is 2. The number of fused-ring (bicyclic) bond motifs is 1. The SMILES string of the molecule is COC(=O)Nc1ccc(-c2c(-c3ccc(N4CCNCC4)cc3)n(C)c3nccc(Cl)c23)cc1. The molecular weight excluding hydrogens is 450 g/mol. The van der Waals surface area contributed by atoms with Crippen molar-refractivity contribution in [2.45, 2.75) is 0 Å². The highest BCUT2D eigenvalue weighted by atomic mass is 35.5. The third kappa shape index (κ3) is 4.08. The van der Waals surface area contributed by atoms with Gasteiger partial charge in [0.2, 0.25) is 0 Å². The lowest BCUT2D eigenvalue weighted by Crippen LogP contribution is -2.43. The van der Waals surface area contributed by atoms with Gasteiger partial charge in [-0.2, -0.15) is 0 Å². The molecule has 34 heavy (non-hydrogen) atoms. The zero-order valence-electron chi connectivity index (χ0n) is 19.1. The van der Waals surface area contributed by atoms with Crippen molar-refractivity contribution >= 4 is 40.1 Å². The summed E-state index contributed by atoms with van der Waals surface area (Å²) in [7, 11) is 3.36. The molecule has 1 fully saturated rings. The van der Waals surface area contributed by atoms with Gasteiger partial charge < -0.3 is 19.5 Å². The Labute approximate surface area is 203 Å². The highest BCUT2D eigenvalue weighted by molar-refractivity contribution is 6.37. The maximum absolute atomic E-state index is 11.6. The highest BCUT2D eigenvalue weighted by Gasteiger charge is 2.22. The van der Waals surface area contributed by atoms with Crippen LogP contribution in [-0.2, 0) is 11.8 Å². The van der Waals surface area contributed by atoms with Gasteiger partial charge in [0, 0.05) is 61.7 Å². The van der Waals surface area contributed by atoms with Gasteiger partial charge in [0.25, 0.3) is 0 Å². The average Bonchev–Trinajstić information content (AvgIpc) is 3.18. The number of pyridine rings is 1. The normalized spacial score (nSPS) is 13.8. The highest BCUT2D eigenvalue weighted by Crippen LogP contribution is 2.43. The van der Waals surface area contributed by atoms with Gasteiger partial charge in [0.1, 0.15) is 5.65 Å². The number of carbonyl (C=O) groups excluding carboxylic acids is 1. The molecule has 0 aliphatic carbocycles. The number of benzene rings is 2. The molecule has 2 aromatic heterocycles. The van der Waals surface area contributed by atoms with Crippen LogP contribution >= 0.6 is 11.6 Å². The molecule has 5 rings (SSSR count). The van der Waals surface area contributed by atoms with E-state index >= 15 is 0 Å². The fourth-order valence-corrected chi connectivity index (χ4v) is 4.80. The maximum Gasteiger partial charge on any atom is 0.411 e. The first kappa shape index (κ1) is 22.3. The molecule has 1 aliphatic heterocycles. The Morgan fingerprint density at radius 3 is 2.38 bits per heavy atom. The lowest BCUT2D eigenvalue weighted by molar-refractivity contribution is 0.187. The van der Waals surface area contributed by atoms with Crippen LogP contribution in [0.3, 0.4) is 0 Å². The van der Waals surface area contributed by atoms with Crippen LogP contribution in [0, 0.1) is 0 Å². The van der Waals surface area contributed by atoms with Crippen molar-refractivity contribution in [1.82, 2.24) is 14.9 Å². The molecule has 1 amide bonds. The second-order valence-electron chi connectivity index (χ2n) is 8.25. The average molecular weight is 476 g/mol. The number of nitrogens with zero attached hydrogens (tertiary/aromatic N) is 3. The van der Waals surface area contributed by atoms with E-state index in [2.05, 4.69) is 49.4 Å². The number of ether oxygens (including phenoxy) is 1. The molecule has 1 saturated heterocycles. The summed E-state index contributed by atoms with van der Waals surface area (Å²) in [4.78, 5) is 18.6. The first-order valence-corrected chi connectivity index (χ1v) is 11.6. The van der Waals surface area contributed by atoms with Gasteiger partial charge >= 0.3 is 6.09 Å². The minimum atomic E-state index is -0.504. The smallest absolute Gasteiger partial charge is 0.411 e. The van der Waals surface area contributed by atoms with Gasteiger partial charge in [-0.25, -0.2) is 9.78 Å². The molecule has 0 saturated carbocycles. The quantitative estimate of drug-likeness (QED) is 0.427. The fraction of sp³-hybridized carbons (Fsp3) is 0.231. The molecule has 1 aliphatic rings. The number of halogens is 1. The monoisotopic (exact) mass is 475 g/mol. The van der Waals surface area contributed by atoms with Gasteiger partial charge in [-0.1, -0.05) is 35.9 Å². The fourth-order valence-electron chi connectivity index (χ4n) is 4.57. The molecule has 0 atom stereocenters. The number of carbonyl (C=O) groups is 1. The summed E-state index contributed by atoms with van der Waals surface area (Å²) in [5.41, 5.74) is 6.81. The number of methoxy groups -OCH3 is 1. The lowest BCUT2D eigenvalue weighted by Gasteiger charge is -2.29. The van der Waals surface area contributed by atoms with E-state index in [1.165, 1.54) is 12.8 Å². The largest absolute Gasteiger partial charge is 0.453 e. The van der Waals surface area contributed by atoms with Crippen molar-refractivity contribution in [3.8, 4) is 22.4 Å². The van der Waals surface area contributed by atoms with Crippen LogP contribution in [0.1, 0.15) is 0 Å². The molecule has 7 nitrogen and oxygen atoms in total. The first-order valence-electron chi connectivity index (χ1n) is 11.2. The van der Waals surface area contributed by atoms with E-state index in [0.717, 1.165) is 59.6 Å². The lowest BCUT2D eigenvalue weighted by atomic mass is 9.98. The number of hydrogen-bond acceptors (Lipinski definition) is 5. The molecule has 0 radical (unpaired) electrons. The van der Waals surface area contributed by atoms with Crippen molar-refractivity contribution in [3.05, 3.63) is 65.8 Å². The third-order valence-corrected chi connectivity index (χ3v) is 6.56. The Bertz CT molecular complexity index is 1330. The molecule has 2 N–H and O–H groups in total. The zero-order chi connectivity index (χ0) is 23.7. The van der Waals surface area contributed by atoms with Crippen molar-refractivity contribution in [3.63, 3.8) is 0 Å². The predicted octanol–water partition coefficient (Wildman–Crippen LogP) is 5.15. The van der Waals surface area contributed by atoms with Crippen LogP contribution in [0.25, 0.3) is 33.4 Å². The summed E-state index contributed by atoms with van der Waals surface area (Å²) in [6.07, 6.45) is 1.23. The van der Waals surface area contributed by atoms with Gasteiger partial charge in [-0.15, -0.1) is 0 Å². The second kappa shape index (κ2) is 9.37. The topological polar surface area (TPSA) is 71.4 Å². The number of aryl methyl sites for hydroxylation is 1. The van der Waals surface area contributed by atoms with Crippen LogP contribution in [-0.4, -0.2) is 48.9 Å². The van der Waals surface area contributed by atoms with Crippen molar-refractivity contribution in [2.75, 3.05) is 43.5 Å². The van der Waals surface area contributed by atoms with Crippen LogP contribution in [0.4, 0.5) is 16.2 Å². The number of rotatable bonds is 4. The molecule has 0 unspecified atom stereocenters. The van der Waals surface area contributed by atoms with Gasteiger partial charge in [0.15, 0.2) is 0 Å². The number of anilines is 2. The number of aromatic nitrogens is 2. The molecule has 174 valence electrons. The van der Waals surface area contributed by atoms with Gasteiger partial charge in [0.05, 0.1) is 17.8 Å². The summed E-state index contributed by atoms with van der Waals surface area (Å²) in [5, 5.41) is 7.65. The maximum atomic E-state index is 11.6. The van der Waals surface area contributed by atoms with Crippen LogP contribution in [0.5, 0.6) is 0 Å². The van der Waals surface area contributed by atoms with Crippen molar-refractivity contribution in [1.29, 1.82) is 0 Å². The van der Waals surface area contributed by atoms with E-state index in [1.54, 1.807) is 6.20 Å². The minimum absolute atomic E-state index is 0.504. The second-order valence-corrected chi connectivity index (χ2v) is 8.66. The van der Waals surface area contributed by atoms with Crippen LogP contribution < -0.4 is 15.5 Å². The molecule has 3 heterocycles. The number of piperazine rings is 1. The molecular formula is C26H26ClN5O2. The minimum Gasteiger partial charge on any atom is -0.453 e. The Morgan fingerprint density at radius 1 is 1.03 bits per heavy atom. The van der Waals surface area contributed by atoms with E-state index in [1.807, 2.05) is 37.4 Å². The summed E-state index contributed by atoms with van der Waals surface area (Å²) >= 11 is 6.69. The zero-order valence-corrected chi connectivity index (χ0v) is 19.9.